The molecule has 0 aliphatic heterocycles. The fourth-order valence-corrected chi connectivity index (χ4v) is 2.08. The number of anilines is 1. The van der Waals surface area contributed by atoms with E-state index in [2.05, 4.69) is 15.8 Å². The SMILES string of the molecule is COc1ccc(Cl)cc1C=NNC(=O)CC(=O)Nc1ccc(F)cc1. The zero-order valence-corrected chi connectivity index (χ0v) is 14.0. The summed E-state index contributed by atoms with van der Waals surface area (Å²) in [6, 6.07) is 10.2. The molecule has 2 rings (SSSR count). The summed E-state index contributed by atoms with van der Waals surface area (Å²) in [7, 11) is 1.50. The molecule has 2 aromatic rings. The number of carbonyl (C=O) groups is 2. The third-order valence-corrected chi connectivity index (χ3v) is 3.27. The summed E-state index contributed by atoms with van der Waals surface area (Å²) >= 11 is 5.89. The van der Waals surface area contributed by atoms with E-state index >= 15 is 0 Å². The van der Waals surface area contributed by atoms with Gasteiger partial charge in [-0.15, -0.1) is 0 Å². The highest BCUT2D eigenvalue weighted by molar-refractivity contribution is 6.30. The van der Waals surface area contributed by atoms with Crippen LogP contribution in [0.4, 0.5) is 10.1 Å². The van der Waals surface area contributed by atoms with Gasteiger partial charge < -0.3 is 10.1 Å². The lowest BCUT2D eigenvalue weighted by Gasteiger charge is -2.05. The maximum Gasteiger partial charge on any atom is 0.249 e. The molecule has 0 saturated carbocycles. The van der Waals surface area contributed by atoms with Crippen molar-refractivity contribution in [3.05, 3.63) is 58.9 Å². The van der Waals surface area contributed by atoms with Crippen LogP contribution in [0.2, 0.25) is 5.02 Å². The lowest BCUT2D eigenvalue weighted by Crippen LogP contribution is -2.24. The van der Waals surface area contributed by atoms with Crippen molar-refractivity contribution in [2.24, 2.45) is 5.10 Å². The number of amides is 2. The highest BCUT2D eigenvalue weighted by atomic mass is 35.5. The highest BCUT2D eigenvalue weighted by Gasteiger charge is 2.09. The van der Waals surface area contributed by atoms with Crippen LogP contribution in [0.5, 0.6) is 5.75 Å². The Morgan fingerprint density at radius 2 is 1.92 bits per heavy atom. The second kappa shape index (κ2) is 8.79. The van der Waals surface area contributed by atoms with Crippen molar-refractivity contribution in [3.63, 3.8) is 0 Å². The second-order valence-electron chi connectivity index (χ2n) is 4.91. The lowest BCUT2D eigenvalue weighted by molar-refractivity contribution is -0.126. The molecular formula is C17H15ClFN3O3. The van der Waals surface area contributed by atoms with E-state index in [1.54, 1.807) is 18.2 Å². The number of nitrogens with one attached hydrogen (secondary N) is 2. The number of hydrogen-bond acceptors (Lipinski definition) is 4. The number of hydrogen-bond donors (Lipinski definition) is 2. The Hall–Kier alpha value is -2.93. The Balaban J connectivity index is 1.86. The van der Waals surface area contributed by atoms with E-state index in [0.29, 0.717) is 22.0 Å². The summed E-state index contributed by atoms with van der Waals surface area (Å²) in [4.78, 5) is 23.4. The molecule has 0 aliphatic rings. The van der Waals surface area contributed by atoms with Crippen LogP contribution in [-0.2, 0) is 9.59 Å². The maximum atomic E-state index is 12.8. The fourth-order valence-electron chi connectivity index (χ4n) is 1.90. The van der Waals surface area contributed by atoms with Crippen molar-refractivity contribution < 1.29 is 18.7 Å². The fraction of sp³-hybridized carbons (Fsp3) is 0.118. The van der Waals surface area contributed by atoms with E-state index in [1.165, 1.54) is 37.6 Å². The molecule has 0 radical (unpaired) electrons. The largest absolute Gasteiger partial charge is 0.496 e. The van der Waals surface area contributed by atoms with Gasteiger partial charge in [-0.1, -0.05) is 11.6 Å². The molecule has 25 heavy (non-hydrogen) atoms. The van der Waals surface area contributed by atoms with Gasteiger partial charge in [0.05, 0.1) is 13.3 Å². The third-order valence-electron chi connectivity index (χ3n) is 3.03. The molecule has 0 fully saturated rings. The Kier molecular flexibility index (Phi) is 6.47. The lowest BCUT2D eigenvalue weighted by atomic mass is 10.2. The molecule has 0 spiro atoms. The Labute approximate surface area is 148 Å². The van der Waals surface area contributed by atoms with Crippen LogP contribution in [0.3, 0.4) is 0 Å². The first kappa shape index (κ1) is 18.4. The minimum Gasteiger partial charge on any atom is -0.496 e. The maximum absolute atomic E-state index is 12.8. The molecule has 130 valence electrons. The molecule has 0 bridgehead atoms. The first-order valence-electron chi connectivity index (χ1n) is 7.19. The van der Waals surface area contributed by atoms with Gasteiger partial charge in [0, 0.05) is 16.3 Å². The number of hydrazone groups is 1. The smallest absolute Gasteiger partial charge is 0.249 e. The van der Waals surface area contributed by atoms with Gasteiger partial charge >= 0.3 is 0 Å². The number of ether oxygens (including phenoxy) is 1. The minimum absolute atomic E-state index is 0.395. The van der Waals surface area contributed by atoms with E-state index in [9.17, 15) is 14.0 Å². The van der Waals surface area contributed by atoms with Gasteiger partial charge in [0.25, 0.3) is 0 Å². The van der Waals surface area contributed by atoms with Gasteiger partial charge in [-0.3, -0.25) is 9.59 Å². The Morgan fingerprint density at radius 1 is 1.20 bits per heavy atom. The van der Waals surface area contributed by atoms with E-state index in [1.807, 2.05) is 0 Å². The minimum atomic E-state index is -0.600. The average molecular weight is 364 g/mol. The number of benzene rings is 2. The first-order chi connectivity index (χ1) is 12.0. The first-order valence-corrected chi connectivity index (χ1v) is 7.56. The van der Waals surface area contributed by atoms with E-state index in [4.69, 9.17) is 16.3 Å². The summed E-state index contributed by atoms with van der Waals surface area (Å²) in [5, 5.41) is 6.74. The normalized spacial score (nSPS) is 10.5. The molecule has 0 saturated heterocycles. The quantitative estimate of drug-likeness (QED) is 0.470. The van der Waals surface area contributed by atoms with Crippen LogP contribution in [0.15, 0.2) is 47.6 Å². The number of nitrogens with zero attached hydrogens (tertiary/aromatic N) is 1. The standard InChI is InChI=1S/C17H15ClFN3O3/c1-25-15-7-2-12(18)8-11(15)10-20-22-17(24)9-16(23)21-14-5-3-13(19)4-6-14/h2-8,10H,9H2,1H3,(H,21,23)(H,22,24). The van der Waals surface area contributed by atoms with Crippen LogP contribution in [0.1, 0.15) is 12.0 Å². The van der Waals surface area contributed by atoms with Crippen molar-refractivity contribution in [1.82, 2.24) is 5.43 Å². The molecule has 6 nitrogen and oxygen atoms in total. The van der Waals surface area contributed by atoms with Gasteiger partial charge in [-0.25, -0.2) is 9.82 Å². The Morgan fingerprint density at radius 3 is 2.60 bits per heavy atom. The van der Waals surface area contributed by atoms with Gasteiger partial charge in [0.15, 0.2) is 0 Å². The van der Waals surface area contributed by atoms with Gasteiger partial charge in [-0.05, 0) is 42.5 Å². The molecule has 2 aromatic carbocycles. The molecule has 0 aromatic heterocycles. The van der Waals surface area contributed by atoms with E-state index in [0.717, 1.165) is 0 Å². The van der Waals surface area contributed by atoms with E-state index < -0.39 is 24.1 Å². The van der Waals surface area contributed by atoms with Gasteiger partial charge in [0.1, 0.15) is 18.0 Å². The topological polar surface area (TPSA) is 79.8 Å². The summed E-state index contributed by atoms with van der Waals surface area (Å²) in [5.74, 6) is -1.02. The number of halogens is 2. The van der Waals surface area contributed by atoms with Gasteiger partial charge in [-0.2, -0.15) is 5.10 Å². The zero-order chi connectivity index (χ0) is 18.2. The van der Waals surface area contributed by atoms with Crippen LogP contribution < -0.4 is 15.5 Å². The van der Waals surface area contributed by atoms with Crippen molar-refractivity contribution >= 4 is 35.3 Å². The van der Waals surface area contributed by atoms with Crippen LogP contribution >= 0.6 is 11.6 Å². The van der Waals surface area contributed by atoms with Crippen molar-refractivity contribution in [3.8, 4) is 5.75 Å². The molecule has 2 N–H and O–H groups in total. The second-order valence-corrected chi connectivity index (χ2v) is 5.35. The highest BCUT2D eigenvalue weighted by Crippen LogP contribution is 2.20. The zero-order valence-electron chi connectivity index (χ0n) is 13.3. The van der Waals surface area contributed by atoms with Crippen LogP contribution in [-0.4, -0.2) is 25.1 Å². The van der Waals surface area contributed by atoms with Crippen molar-refractivity contribution in [1.29, 1.82) is 0 Å². The molecule has 8 heteroatoms. The molecular weight excluding hydrogens is 349 g/mol. The van der Waals surface area contributed by atoms with Crippen LogP contribution in [0, 0.1) is 5.82 Å². The van der Waals surface area contributed by atoms with Crippen LogP contribution in [0.25, 0.3) is 0 Å². The predicted octanol–water partition coefficient (Wildman–Crippen LogP) is 2.97. The Bertz CT molecular complexity index is 794. The number of rotatable bonds is 6. The number of carbonyl (C=O) groups excluding carboxylic acids is 2. The summed E-state index contributed by atoms with van der Waals surface area (Å²) in [5.41, 5.74) is 3.21. The van der Waals surface area contributed by atoms with Crippen molar-refractivity contribution in [2.75, 3.05) is 12.4 Å². The average Bonchev–Trinajstić information content (AvgIpc) is 2.57. The number of methoxy groups -OCH3 is 1. The third kappa shape index (κ3) is 5.89. The monoisotopic (exact) mass is 363 g/mol. The van der Waals surface area contributed by atoms with E-state index in [-0.39, 0.29) is 0 Å². The molecule has 0 heterocycles. The summed E-state index contributed by atoms with van der Waals surface area (Å²) in [6.07, 6.45) is 0.932. The van der Waals surface area contributed by atoms with Gasteiger partial charge in [0.2, 0.25) is 11.8 Å². The summed E-state index contributed by atoms with van der Waals surface area (Å²) < 4.78 is 17.9. The summed E-state index contributed by atoms with van der Waals surface area (Å²) in [6.45, 7) is 0. The molecule has 0 atom stereocenters. The molecule has 0 unspecified atom stereocenters. The molecule has 2 amide bonds. The predicted molar refractivity (Wildman–Crippen MR) is 93.4 cm³/mol. The van der Waals surface area contributed by atoms with Crippen molar-refractivity contribution in [2.45, 2.75) is 6.42 Å². The molecule has 0 aliphatic carbocycles.